The largest absolute Gasteiger partial charge is 0.497 e. The summed E-state index contributed by atoms with van der Waals surface area (Å²) in [6, 6.07) is 7.42. The van der Waals surface area contributed by atoms with Crippen molar-refractivity contribution in [2.24, 2.45) is 0 Å². The van der Waals surface area contributed by atoms with Crippen molar-refractivity contribution in [3.05, 3.63) is 30.5 Å². The van der Waals surface area contributed by atoms with Gasteiger partial charge in [-0.3, -0.25) is 19.9 Å². The van der Waals surface area contributed by atoms with Gasteiger partial charge in [0.15, 0.2) is 0 Å². The Hall–Kier alpha value is -2.52. The lowest BCUT2D eigenvalue weighted by Gasteiger charge is -2.43. The highest BCUT2D eigenvalue weighted by Gasteiger charge is 2.53. The van der Waals surface area contributed by atoms with Gasteiger partial charge < -0.3 is 20.3 Å². The summed E-state index contributed by atoms with van der Waals surface area (Å²) in [5.74, 6) is 1.74. The van der Waals surface area contributed by atoms with Crippen LogP contribution >= 0.6 is 11.8 Å². The lowest BCUT2D eigenvalue weighted by molar-refractivity contribution is -0.143. The molecule has 0 radical (unpaired) electrons. The minimum absolute atomic E-state index is 0.0702. The highest BCUT2D eigenvalue weighted by molar-refractivity contribution is 7.98. The number of carbonyl (C=O) groups excluding carboxylic acids is 2. The fourth-order valence-electron chi connectivity index (χ4n) is 5.96. The van der Waals surface area contributed by atoms with Crippen LogP contribution in [-0.2, 0) is 9.59 Å². The number of hydrogen-bond donors (Lipinski definition) is 3. The number of anilines is 1. The lowest BCUT2D eigenvalue weighted by Crippen LogP contribution is -2.60. The molecule has 2 fully saturated rings. The van der Waals surface area contributed by atoms with Crippen LogP contribution in [-0.4, -0.2) is 71.1 Å². The van der Waals surface area contributed by atoms with E-state index >= 15 is 0 Å². The molecule has 1 saturated carbocycles. The van der Waals surface area contributed by atoms with Gasteiger partial charge in [-0.1, -0.05) is 12.5 Å². The topological polar surface area (TPSA) is 95.6 Å². The van der Waals surface area contributed by atoms with E-state index in [1.54, 1.807) is 25.1 Å². The zero-order valence-corrected chi connectivity index (χ0v) is 24.0. The Labute approximate surface area is 231 Å². The summed E-state index contributed by atoms with van der Waals surface area (Å²) in [7, 11) is 1.67. The Kier molecular flexibility index (Phi) is 9.76. The van der Waals surface area contributed by atoms with Crippen molar-refractivity contribution < 1.29 is 14.3 Å². The average molecular weight is 542 g/mol. The van der Waals surface area contributed by atoms with Gasteiger partial charge in [-0.05, 0) is 82.9 Å². The van der Waals surface area contributed by atoms with E-state index in [0.717, 1.165) is 73.0 Å². The molecule has 2 amide bonds. The summed E-state index contributed by atoms with van der Waals surface area (Å²) in [4.78, 5) is 33.0. The van der Waals surface area contributed by atoms with Gasteiger partial charge in [-0.15, -0.1) is 0 Å². The normalized spacial score (nSPS) is 20.5. The van der Waals surface area contributed by atoms with Crippen LogP contribution in [0.4, 0.5) is 5.69 Å². The van der Waals surface area contributed by atoms with E-state index in [1.165, 1.54) is 6.42 Å². The molecule has 1 aromatic heterocycles. The van der Waals surface area contributed by atoms with Crippen LogP contribution in [0.2, 0.25) is 0 Å². The summed E-state index contributed by atoms with van der Waals surface area (Å²) >= 11 is 1.76. The van der Waals surface area contributed by atoms with Crippen molar-refractivity contribution in [1.82, 2.24) is 20.5 Å². The third kappa shape index (κ3) is 6.37. The number of aromatic nitrogens is 1. The molecule has 1 saturated heterocycles. The summed E-state index contributed by atoms with van der Waals surface area (Å²) in [5, 5.41) is 11.4. The summed E-state index contributed by atoms with van der Waals surface area (Å²) in [6.45, 7) is 4.59. The molecule has 1 aromatic carbocycles. The van der Waals surface area contributed by atoms with Crippen LogP contribution < -0.4 is 20.7 Å². The maximum atomic E-state index is 13.4. The van der Waals surface area contributed by atoms with Gasteiger partial charge in [0.05, 0.1) is 30.0 Å². The molecule has 1 spiro atoms. The standard InChI is InChI=1S/C29H43N5O3S/c1-20(32-25-19-23(37-3)18-22-11-9-15-30-26(22)25)10-8-16-31-27(35)21(2)34-28(36)24(12-17-38-4)33-29(34)13-6-5-7-14-29/h9,11,15,18-21,24,32-33H,5-8,10,12-14,16-17H2,1-4H3,(H,31,35)/t20?,21-,24-/m0/s1. The first-order chi connectivity index (χ1) is 18.4. The fourth-order valence-corrected chi connectivity index (χ4v) is 6.44. The van der Waals surface area contributed by atoms with Crippen molar-refractivity contribution in [3.8, 4) is 5.75 Å². The van der Waals surface area contributed by atoms with E-state index in [4.69, 9.17) is 4.74 Å². The van der Waals surface area contributed by atoms with Crippen molar-refractivity contribution in [2.45, 2.75) is 89.0 Å². The summed E-state index contributed by atoms with van der Waals surface area (Å²) < 4.78 is 5.46. The van der Waals surface area contributed by atoms with Crippen LogP contribution in [0, 0.1) is 0 Å². The molecule has 2 aliphatic rings. The number of benzene rings is 1. The second-order valence-electron chi connectivity index (χ2n) is 10.7. The van der Waals surface area contributed by atoms with Crippen molar-refractivity contribution in [1.29, 1.82) is 0 Å². The monoisotopic (exact) mass is 541 g/mol. The first-order valence-electron chi connectivity index (χ1n) is 14.0. The molecule has 9 heteroatoms. The number of fused-ring (bicyclic) bond motifs is 1. The Balaban J connectivity index is 1.30. The number of pyridine rings is 1. The van der Waals surface area contributed by atoms with E-state index in [1.807, 2.05) is 36.1 Å². The van der Waals surface area contributed by atoms with E-state index < -0.39 is 6.04 Å². The van der Waals surface area contributed by atoms with Crippen LogP contribution in [0.3, 0.4) is 0 Å². The molecule has 1 aliphatic carbocycles. The molecule has 3 N–H and O–H groups in total. The maximum absolute atomic E-state index is 13.4. The first kappa shape index (κ1) is 28.5. The Morgan fingerprint density at radius 3 is 2.82 bits per heavy atom. The molecule has 1 unspecified atom stereocenters. The van der Waals surface area contributed by atoms with Gasteiger partial charge >= 0.3 is 0 Å². The van der Waals surface area contributed by atoms with E-state index in [2.05, 4.69) is 34.1 Å². The molecule has 208 valence electrons. The van der Waals surface area contributed by atoms with Crippen LogP contribution in [0.25, 0.3) is 10.9 Å². The van der Waals surface area contributed by atoms with Crippen molar-refractivity contribution in [2.75, 3.05) is 31.0 Å². The number of hydrogen-bond acceptors (Lipinski definition) is 7. The van der Waals surface area contributed by atoms with Gasteiger partial charge in [0, 0.05) is 30.2 Å². The third-order valence-corrected chi connectivity index (χ3v) is 8.57. The van der Waals surface area contributed by atoms with Crippen molar-refractivity contribution >= 4 is 40.2 Å². The number of rotatable bonds is 12. The third-order valence-electron chi connectivity index (χ3n) is 7.93. The smallest absolute Gasteiger partial charge is 0.242 e. The maximum Gasteiger partial charge on any atom is 0.242 e. The van der Waals surface area contributed by atoms with Gasteiger partial charge in [0.25, 0.3) is 0 Å². The SMILES string of the molecule is COc1cc(NC(C)CCCNC(=O)[C@H](C)N2C(=O)[C@H](CCSC)NC23CCCCC3)c2ncccc2c1. The van der Waals surface area contributed by atoms with Gasteiger partial charge in [0.1, 0.15) is 11.8 Å². The zero-order valence-electron chi connectivity index (χ0n) is 23.2. The Bertz CT molecular complexity index is 1110. The summed E-state index contributed by atoms with van der Waals surface area (Å²) in [6.07, 6.45) is 11.6. The molecule has 8 nitrogen and oxygen atoms in total. The molecule has 1 aliphatic heterocycles. The predicted octanol–water partition coefficient (Wildman–Crippen LogP) is 4.54. The minimum atomic E-state index is -0.489. The zero-order chi connectivity index (χ0) is 27.1. The number of ether oxygens (including phenoxy) is 1. The minimum Gasteiger partial charge on any atom is -0.497 e. The number of nitrogens with one attached hydrogen (secondary N) is 3. The highest BCUT2D eigenvalue weighted by atomic mass is 32.2. The van der Waals surface area contributed by atoms with Gasteiger partial charge in [-0.25, -0.2) is 0 Å². The molecule has 4 rings (SSSR count). The predicted molar refractivity (Wildman–Crippen MR) is 156 cm³/mol. The Morgan fingerprint density at radius 2 is 2.08 bits per heavy atom. The lowest BCUT2D eigenvalue weighted by atomic mass is 9.87. The first-order valence-corrected chi connectivity index (χ1v) is 15.3. The summed E-state index contributed by atoms with van der Waals surface area (Å²) in [5.41, 5.74) is 1.49. The molecule has 0 bridgehead atoms. The second kappa shape index (κ2) is 13.0. The number of nitrogens with zero attached hydrogens (tertiary/aromatic N) is 2. The molecule has 3 atom stereocenters. The fraction of sp³-hybridized carbons (Fsp3) is 0.621. The Morgan fingerprint density at radius 1 is 1.29 bits per heavy atom. The second-order valence-corrected chi connectivity index (χ2v) is 11.7. The van der Waals surface area contributed by atoms with E-state index in [9.17, 15) is 9.59 Å². The molecule has 38 heavy (non-hydrogen) atoms. The van der Waals surface area contributed by atoms with Crippen LogP contribution in [0.15, 0.2) is 30.5 Å². The highest BCUT2D eigenvalue weighted by Crippen LogP contribution is 2.38. The number of amides is 2. The van der Waals surface area contributed by atoms with Gasteiger partial charge in [-0.2, -0.15) is 11.8 Å². The number of thioether (sulfide) groups is 1. The molecular weight excluding hydrogens is 498 g/mol. The van der Waals surface area contributed by atoms with Crippen LogP contribution in [0.1, 0.15) is 65.2 Å². The van der Waals surface area contributed by atoms with Crippen molar-refractivity contribution in [3.63, 3.8) is 0 Å². The van der Waals surface area contributed by atoms with Crippen LogP contribution in [0.5, 0.6) is 5.75 Å². The number of carbonyl (C=O) groups is 2. The molecule has 2 aromatic rings. The van der Waals surface area contributed by atoms with E-state index in [0.29, 0.717) is 6.54 Å². The van der Waals surface area contributed by atoms with Gasteiger partial charge in [0.2, 0.25) is 11.8 Å². The quantitative estimate of drug-likeness (QED) is 0.340. The number of methoxy groups -OCH3 is 1. The molecule has 2 heterocycles. The average Bonchev–Trinajstić information content (AvgIpc) is 3.19. The molecular formula is C29H43N5O3S. The van der Waals surface area contributed by atoms with E-state index in [-0.39, 0.29) is 29.6 Å².